The molecule has 0 radical (unpaired) electrons. The molecule has 1 fully saturated rings. The first-order chi connectivity index (χ1) is 7.22. The third-order valence-corrected chi connectivity index (χ3v) is 2.83. The molecule has 0 bridgehead atoms. The summed E-state index contributed by atoms with van der Waals surface area (Å²) in [5.74, 6) is 0.755. The average Bonchev–Trinajstić information content (AvgIpc) is 2.27. The highest BCUT2D eigenvalue weighted by atomic mass is 16.3. The summed E-state index contributed by atoms with van der Waals surface area (Å²) >= 11 is 0. The van der Waals surface area contributed by atoms with Crippen LogP contribution in [0.3, 0.4) is 0 Å². The molecule has 1 heterocycles. The van der Waals surface area contributed by atoms with Gasteiger partial charge in [-0.25, -0.2) is 0 Å². The maximum atomic E-state index is 11.5. The van der Waals surface area contributed by atoms with Gasteiger partial charge in [0.2, 0.25) is 5.91 Å². The van der Waals surface area contributed by atoms with Gasteiger partial charge in [0.05, 0.1) is 0 Å². The number of amides is 1. The van der Waals surface area contributed by atoms with Gasteiger partial charge in [-0.1, -0.05) is 6.92 Å². The van der Waals surface area contributed by atoms with Gasteiger partial charge in [-0.2, -0.15) is 0 Å². The molecular formula is C11H22N2O2. The number of carbonyl (C=O) groups excluding carboxylic acids is 1. The molecule has 0 aromatic heterocycles. The molecule has 0 aliphatic carbocycles. The third kappa shape index (κ3) is 5.14. The zero-order chi connectivity index (χ0) is 11.1. The molecule has 0 spiro atoms. The second-order valence-electron chi connectivity index (χ2n) is 4.51. The molecule has 1 rings (SSSR count). The van der Waals surface area contributed by atoms with Crippen molar-refractivity contribution in [2.75, 3.05) is 26.2 Å². The first kappa shape index (κ1) is 12.5. The summed E-state index contributed by atoms with van der Waals surface area (Å²) in [5, 5.41) is 15.0. The van der Waals surface area contributed by atoms with Crippen molar-refractivity contribution in [1.82, 2.24) is 10.6 Å². The number of piperidine rings is 1. The summed E-state index contributed by atoms with van der Waals surface area (Å²) in [6.45, 7) is 4.67. The highest BCUT2D eigenvalue weighted by molar-refractivity contribution is 5.76. The lowest BCUT2D eigenvalue weighted by atomic mass is 9.96. The second kappa shape index (κ2) is 6.80. The van der Waals surface area contributed by atoms with Gasteiger partial charge in [-0.05, 0) is 37.8 Å². The largest absolute Gasteiger partial charge is 0.396 e. The van der Waals surface area contributed by atoms with Crippen molar-refractivity contribution in [2.24, 2.45) is 11.8 Å². The van der Waals surface area contributed by atoms with E-state index >= 15 is 0 Å². The summed E-state index contributed by atoms with van der Waals surface area (Å²) in [7, 11) is 0. The van der Waals surface area contributed by atoms with Crippen LogP contribution in [0.15, 0.2) is 0 Å². The van der Waals surface area contributed by atoms with Crippen molar-refractivity contribution >= 4 is 5.91 Å². The first-order valence-electron chi connectivity index (χ1n) is 5.80. The van der Waals surface area contributed by atoms with Gasteiger partial charge < -0.3 is 15.7 Å². The van der Waals surface area contributed by atoms with Crippen LogP contribution in [0, 0.1) is 11.8 Å². The van der Waals surface area contributed by atoms with Crippen LogP contribution in [-0.4, -0.2) is 37.3 Å². The van der Waals surface area contributed by atoms with Crippen LogP contribution in [-0.2, 0) is 4.79 Å². The van der Waals surface area contributed by atoms with Gasteiger partial charge in [-0.3, -0.25) is 4.79 Å². The van der Waals surface area contributed by atoms with Gasteiger partial charge in [0.1, 0.15) is 0 Å². The van der Waals surface area contributed by atoms with E-state index in [-0.39, 0.29) is 18.4 Å². The molecule has 2 atom stereocenters. The Balaban J connectivity index is 2.11. The number of rotatable bonds is 5. The SMILES string of the molecule is CC(CO)CNC(=O)CC1CCCNC1. The van der Waals surface area contributed by atoms with E-state index in [2.05, 4.69) is 10.6 Å². The van der Waals surface area contributed by atoms with Crippen LogP contribution < -0.4 is 10.6 Å². The van der Waals surface area contributed by atoms with Crippen molar-refractivity contribution in [3.05, 3.63) is 0 Å². The molecule has 0 aromatic rings. The van der Waals surface area contributed by atoms with Gasteiger partial charge in [-0.15, -0.1) is 0 Å². The van der Waals surface area contributed by atoms with Gasteiger partial charge in [0.25, 0.3) is 0 Å². The van der Waals surface area contributed by atoms with Crippen LogP contribution in [0.5, 0.6) is 0 Å². The van der Waals surface area contributed by atoms with Crippen molar-refractivity contribution in [1.29, 1.82) is 0 Å². The highest BCUT2D eigenvalue weighted by Gasteiger charge is 2.16. The third-order valence-electron chi connectivity index (χ3n) is 2.83. The Labute approximate surface area is 91.4 Å². The maximum absolute atomic E-state index is 11.5. The van der Waals surface area contributed by atoms with E-state index in [9.17, 15) is 4.79 Å². The van der Waals surface area contributed by atoms with Crippen LogP contribution >= 0.6 is 0 Å². The molecule has 4 heteroatoms. The number of nitrogens with one attached hydrogen (secondary N) is 2. The monoisotopic (exact) mass is 214 g/mol. The molecule has 1 saturated heterocycles. The van der Waals surface area contributed by atoms with Crippen LogP contribution in [0.1, 0.15) is 26.2 Å². The number of hydrogen-bond donors (Lipinski definition) is 3. The van der Waals surface area contributed by atoms with Crippen molar-refractivity contribution < 1.29 is 9.90 Å². The number of aliphatic hydroxyl groups excluding tert-OH is 1. The van der Waals surface area contributed by atoms with Crippen LogP contribution in [0.2, 0.25) is 0 Å². The smallest absolute Gasteiger partial charge is 0.220 e. The highest BCUT2D eigenvalue weighted by Crippen LogP contribution is 2.13. The molecule has 3 N–H and O–H groups in total. The molecule has 0 aromatic carbocycles. The number of hydrogen-bond acceptors (Lipinski definition) is 3. The van der Waals surface area contributed by atoms with E-state index < -0.39 is 0 Å². The second-order valence-corrected chi connectivity index (χ2v) is 4.51. The summed E-state index contributed by atoms with van der Waals surface area (Å²) in [6, 6.07) is 0. The Kier molecular flexibility index (Phi) is 5.65. The molecule has 15 heavy (non-hydrogen) atoms. The topological polar surface area (TPSA) is 61.4 Å². The quantitative estimate of drug-likeness (QED) is 0.609. The summed E-state index contributed by atoms with van der Waals surface area (Å²) in [6.07, 6.45) is 2.94. The zero-order valence-corrected chi connectivity index (χ0v) is 9.46. The lowest BCUT2D eigenvalue weighted by Crippen LogP contribution is -2.35. The molecule has 2 unspecified atom stereocenters. The Morgan fingerprint density at radius 1 is 1.67 bits per heavy atom. The van der Waals surface area contributed by atoms with Crippen molar-refractivity contribution in [3.63, 3.8) is 0 Å². The Morgan fingerprint density at radius 2 is 2.47 bits per heavy atom. The normalized spacial score (nSPS) is 23.5. The predicted octanol–water partition coefficient (Wildman–Crippen LogP) is 0.121. The minimum Gasteiger partial charge on any atom is -0.396 e. The lowest BCUT2D eigenvalue weighted by molar-refractivity contribution is -0.122. The van der Waals surface area contributed by atoms with Crippen LogP contribution in [0.4, 0.5) is 0 Å². The van der Waals surface area contributed by atoms with E-state index in [1.807, 2.05) is 6.92 Å². The van der Waals surface area contributed by atoms with Gasteiger partial charge in [0.15, 0.2) is 0 Å². The van der Waals surface area contributed by atoms with Gasteiger partial charge in [0, 0.05) is 19.6 Å². The fourth-order valence-corrected chi connectivity index (χ4v) is 1.79. The van der Waals surface area contributed by atoms with E-state index in [0.717, 1.165) is 19.5 Å². The molecule has 1 aliphatic rings. The molecular weight excluding hydrogens is 192 g/mol. The Morgan fingerprint density at radius 3 is 3.07 bits per heavy atom. The Hall–Kier alpha value is -0.610. The van der Waals surface area contributed by atoms with E-state index in [0.29, 0.717) is 18.9 Å². The first-order valence-corrected chi connectivity index (χ1v) is 5.80. The zero-order valence-electron chi connectivity index (χ0n) is 9.46. The summed E-state index contributed by atoms with van der Waals surface area (Å²) in [4.78, 5) is 11.5. The van der Waals surface area contributed by atoms with E-state index in [4.69, 9.17) is 5.11 Å². The average molecular weight is 214 g/mol. The number of aliphatic hydroxyl groups is 1. The fraction of sp³-hybridized carbons (Fsp3) is 0.909. The lowest BCUT2D eigenvalue weighted by Gasteiger charge is -2.22. The van der Waals surface area contributed by atoms with Crippen LogP contribution in [0.25, 0.3) is 0 Å². The molecule has 4 nitrogen and oxygen atoms in total. The summed E-state index contributed by atoms with van der Waals surface area (Å²) in [5.41, 5.74) is 0. The van der Waals surface area contributed by atoms with Crippen molar-refractivity contribution in [3.8, 4) is 0 Å². The maximum Gasteiger partial charge on any atom is 0.220 e. The fourth-order valence-electron chi connectivity index (χ4n) is 1.79. The minimum absolute atomic E-state index is 0.115. The number of carbonyl (C=O) groups is 1. The van der Waals surface area contributed by atoms with Crippen molar-refractivity contribution in [2.45, 2.75) is 26.2 Å². The van der Waals surface area contributed by atoms with Gasteiger partial charge >= 0.3 is 0 Å². The summed E-state index contributed by atoms with van der Waals surface area (Å²) < 4.78 is 0. The molecule has 1 amide bonds. The molecule has 88 valence electrons. The molecule has 0 saturated carbocycles. The minimum atomic E-state index is 0.115. The molecule has 1 aliphatic heterocycles. The predicted molar refractivity (Wildman–Crippen MR) is 59.5 cm³/mol. The Bertz CT molecular complexity index is 191. The van der Waals surface area contributed by atoms with E-state index in [1.165, 1.54) is 6.42 Å². The standard InChI is InChI=1S/C11H22N2O2/c1-9(8-14)6-13-11(15)5-10-3-2-4-12-7-10/h9-10,12,14H,2-8H2,1H3,(H,13,15). The van der Waals surface area contributed by atoms with E-state index in [1.54, 1.807) is 0 Å².